The molecule has 0 bridgehead atoms. The molecular formula is C23H25N4O9P. The van der Waals surface area contributed by atoms with Crippen LogP contribution in [0.2, 0.25) is 0 Å². The Morgan fingerprint density at radius 1 is 1.22 bits per heavy atom. The number of ether oxygens (including phenoxy) is 3. The molecule has 3 aromatic rings. The third-order valence-corrected chi connectivity index (χ3v) is 7.30. The van der Waals surface area contributed by atoms with Crippen molar-refractivity contribution in [2.75, 3.05) is 18.9 Å². The second kappa shape index (κ2) is 10.1. The third kappa shape index (κ3) is 4.78. The minimum absolute atomic E-state index is 0.0370. The number of aromatic nitrogens is 3. The van der Waals surface area contributed by atoms with Crippen molar-refractivity contribution in [1.29, 1.82) is 0 Å². The highest BCUT2D eigenvalue weighted by molar-refractivity contribution is 7.49. The van der Waals surface area contributed by atoms with Gasteiger partial charge in [0.2, 0.25) is 0 Å². The molecule has 14 heteroatoms. The van der Waals surface area contributed by atoms with Gasteiger partial charge < -0.3 is 24.5 Å². The van der Waals surface area contributed by atoms with Crippen molar-refractivity contribution >= 4 is 31.1 Å². The number of carbonyl (C=O) groups is 2. The Bertz CT molecular complexity index is 1380. The molecule has 2 aromatic heterocycles. The van der Waals surface area contributed by atoms with Crippen molar-refractivity contribution in [3.8, 4) is 5.75 Å². The Hall–Kier alpha value is -3.51. The molecule has 2 saturated heterocycles. The number of phosphoric ester groups is 1. The van der Waals surface area contributed by atoms with E-state index in [-0.39, 0.29) is 36.8 Å². The van der Waals surface area contributed by atoms with Crippen molar-refractivity contribution in [1.82, 2.24) is 14.6 Å². The molecule has 37 heavy (non-hydrogen) atoms. The fraction of sp³-hybridized carbons (Fsp3) is 0.391. The van der Waals surface area contributed by atoms with Crippen LogP contribution in [0.4, 0.5) is 5.82 Å². The van der Waals surface area contributed by atoms with E-state index < -0.39 is 44.2 Å². The van der Waals surface area contributed by atoms with E-state index in [4.69, 9.17) is 33.5 Å². The van der Waals surface area contributed by atoms with Crippen LogP contribution in [0.25, 0.3) is 5.52 Å². The Balaban J connectivity index is 1.45. The Morgan fingerprint density at radius 2 is 2.03 bits per heavy atom. The highest BCUT2D eigenvalue weighted by Crippen LogP contribution is 2.57. The maximum atomic E-state index is 13.6. The number of anilines is 1. The minimum Gasteiger partial charge on any atom is -0.462 e. The first-order valence-electron chi connectivity index (χ1n) is 11.6. The Kier molecular flexibility index (Phi) is 6.86. The predicted octanol–water partition coefficient (Wildman–Crippen LogP) is 2.85. The summed E-state index contributed by atoms with van der Waals surface area (Å²) < 4.78 is 48.9. The van der Waals surface area contributed by atoms with Gasteiger partial charge in [-0.2, -0.15) is 5.10 Å². The number of nitrogens with two attached hydrogens (primary N) is 1. The smallest absolute Gasteiger partial charge is 0.462 e. The summed E-state index contributed by atoms with van der Waals surface area (Å²) in [6, 6.07) is 9.57. The zero-order valence-electron chi connectivity index (χ0n) is 20.0. The molecule has 0 aliphatic carbocycles. The number of hydrogen-bond donors (Lipinski definition) is 1. The molecule has 5 atom stereocenters. The van der Waals surface area contributed by atoms with Gasteiger partial charge in [0.1, 0.15) is 41.5 Å². The number of nitrogen functional groups attached to an aromatic ring is 1. The molecule has 1 unspecified atom stereocenters. The number of para-hydroxylation sites is 1. The summed E-state index contributed by atoms with van der Waals surface area (Å²) in [6.45, 7) is 3.28. The number of benzene rings is 1. The van der Waals surface area contributed by atoms with Crippen LogP contribution in [0.3, 0.4) is 0 Å². The summed E-state index contributed by atoms with van der Waals surface area (Å²) in [5, 5.41) is 4.23. The van der Waals surface area contributed by atoms with Gasteiger partial charge >= 0.3 is 19.8 Å². The molecule has 196 valence electrons. The minimum atomic E-state index is -4.27. The SMILES string of the molecule is CCOC(=O)c1ccccc1OP1(=O)OC[C@H]2O[C@@H](c3ccc4c(N)ncnn34)[C@H](OC(=O)CC)[C@@H]2O1. The van der Waals surface area contributed by atoms with Crippen molar-refractivity contribution in [3.05, 3.63) is 54.0 Å². The quantitative estimate of drug-likeness (QED) is 0.350. The van der Waals surface area contributed by atoms with E-state index in [0.717, 1.165) is 0 Å². The predicted molar refractivity (Wildman–Crippen MR) is 127 cm³/mol. The van der Waals surface area contributed by atoms with E-state index in [0.29, 0.717) is 11.2 Å². The average molecular weight is 532 g/mol. The van der Waals surface area contributed by atoms with Crippen molar-refractivity contribution < 1.29 is 41.9 Å². The van der Waals surface area contributed by atoms with Crippen LogP contribution in [0.5, 0.6) is 5.75 Å². The summed E-state index contributed by atoms with van der Waals surface area (Å²) in [4.78, 5) is 28.7. The standard InChI is InChI=1S/C23H25N4O9P/c1-3-18(28)34-21-19(14-9-10-15-22(24)25-12-26-27(14)15)33-17-11-32-37(30,36-20(17)21)35-16-8-6-5-7-13(16)23(29)31-4-2/h5-10,12,17,19-21H,3-4,11H2,1-2H3,(H2,24,25,26)/t17-,19+,20-,21+,37?/m1/s1. The molecule has 13 nitrogen and oxygen atoms in total. The number of rotatable bonds is 7. The number of esters is 2. The highest BCUT2D eigenvalue weighted by atomic mass is 31.2. The lowest BCUT2D eigenvalue weighted by atomic mass is 10.1. The van der Waals surface area contributed by atoms with Gasteiger partial charge in [0, 0.05) is 6.42 Å². The second-order valence-electron chi connectivity index (χ2n) is 8.22. The number of fused-ring (bicyclic) bond motifs is 2. The molecule has 0 spiro atoms. The molecule has 2 N–H and O–H groups in total. The molecule has 5 rings (SSSR count). The van der Waals surface area contributed by atoms with Crippen LogP contribution in [0, 0.1) is 0 Å². The Labute approximate surface area is 211 Å². The van der Waals surface area contributed by atoms with E-state index in [1.54, 1.807) is 38.1 Å². The fourth-order valence-electron chi connectivity index (χ4n) is 4.22. The molecular weight excluding hydrogens is 507 g/mol. The Morgan fingerprint density at radius 3 is 2.81 bits per heavy atom. The zero-order valence-corrected chi connectivity index (χ0v) is 20.9. The second-order valence-corrected chi connectivity index (χ2v) is 9.77. The first-order chi connectivity index (χ1) is 17.8. The summed E-state index contributed by atoms with van der Waals surface area (Å²) in [7, 11) is -4.27. The molecule has 0 radical (unpaired) electrons. The average Bonchev–Trinajstić information content (AvgIpc) is 3.46. The maximum Gasteiger partial charge on any atom is 0.530 e. The van der Waals surface area contributed by atoms with Crippen LogP contribution in [0.1, 0.15) is 42.4 Å². The van der Waals surface area contributed by atoms with Gasteiger partial charge in [0.25, 0.3) is 0 Å². The topological polar surface area (TPSA) is 163 Å². The first-order valence-corrected chi connectivity index (χ1v) is 13.1. The number of carbonyl (C=O) groups excluding carboxylic acids is 2. The summed E-state index contributed by atoms with van der Waals surface area (Å²) in [5.41, 5.74) is 7.08. The van der Waals surface area contributed by atoms with Gasteiger partial charge in [-0.05, 0) is 31.2 Å². The lowest BCUT2D eigenvalue weighted by molar-refractivity contribution is -0.155. The molecule has 2 fully saturated rings. The van der Waals surface area contributed by atoms with Crippen molar-refractivity contribution in [3.63, 3.8) is 0 Å². The summed E-state index contributed by atoms with van der Waals surface area (Å²) >= 11 is 0. The fourth-order valence-corrected chi connectivity index (χ4v) is 5.66. The zero-order chi connectivity index (χ0) is 26.2. The molecule has 1 aromatic carbocycles. The number of phosphoric acid groups is 1. The van der Waals surface area contributed by atoms with Crippen LogP contribution >= 0.6 is 7.82 Å². The van der Waals surface area contributed by atoms with Gasteiger partial charge in [0.15, 0.2) is 11.9 Å². The van der Waals surface area contributed by atoms with Gasteiger partial charge in [-0.1, -0.05) is 19.1 Å². The molecule has 2 aliphatic heterocycles. The lowest BCUT2D eigenvalue weighted by Gasteiger charge is -2.32. The first kappa shape index (κ1) is 25.2. The summed E-state index contributed by atoms with van der Waals surface area (Å²) in [5.74, 6) is -0.936. The van der Waals surface area contributed by atoms with Crippen LogP contribution < -0.4 is 10.3 Å². The van der Waals surface area contributed by atoms with Crippen LogP contribution in [-0.2, 0) is 32.6 Å². The van der Waals surface area contributed by atoms with Crippen molar-refractivity contribution in [2.24, 2.45) is 0 Å². The molecule has 4 heterocycles. The molecule has 0 saturated carbocycles. The van der Waals surface area contributed by atoms with E-state index in [1.165, 1.54) is 23.0 Å². The monoisotopic (exact) mass is 532 g/mol. The third-order valence-electron chi connectivity index (χ3n) is 5.91. The normalized spacial score (nSPS) is 27.0. The number of hydrogen-bond acceptors (Lipinski definition) is 12. The van der Waals surface area contributed by atoms with Gasteiger partial charge in [-0.25, -0.2) is 18.9 Å². The van der Waals surface area contributed by atoms with Crippen LogP contribution in [0.15, 0.2) is 42.7 Å². The highest BCUT2D eigenvalue weighted by Gasteiger charge is 2.56. The van der Waals surface area contributed by atoms with E-state index in [1.807, 2.05) is 0 Å². The number of nitrogens with zero attached hydrogens (tertiary/aromatic N) is 3. The largest absolute Gasteiger partial charge is 0.530 e. The van der Waals surface area contributed by atoms with Gasteiger partial charge in [-0.3, -0.25) is 13.8 Å². The van der Waals surface area contributed by atoms with Crippen LogP contribution in [-0.4, -0.2) is 58.1 Å². The maximum absolute atomic E-state index is 13.6. The van der Waals surface area contributed by atoms with E-state index in [2.05, 4.69) is 10.1 Å². The van der Waals surface area contributed by atoms with E-state index in [9.17, 15) is 14.2 Å². The van der Waals surface area contributed by atoms with Crippen molar-refractivity contribution in [2.45, 2.75) is 44.7 Å². The molecule has 2 aliphatic rings. The van der Waals surface area contributed by atoms with E-state index >= 15 is 0 Å². The molecule has 0 amide bonds. The summed E-state index contributed by atoms with van der Waals surface area (Å²) in [6.07, 6.45) is -2.20. The van der Waals surface area contributed by atoms with Gasteiger partial charge in [-0.15, -0.1) is 0 Å². The lowest BCUT2D eigenvalue weighted by Crippen LogP contribution is -2.41. The van der Waals surface area contributed by atoms with Gasteiger partial charge in [0.05, 0.1) is 18.9 Å².